The molecule has 3 heterocycles. The lowest BCUT2D eigenvalue weighted by Crippen LogP contribution is -2.42. The molecule has 30 heavy (non-hydrogen) atoms. The summed E-state index contributed by atoms with van der Waals surface area (Å²) >= 11 is 0. The van der Waals surface area contributed by atoms with E-state index in [0.29, 0.717) is 37.7 Å². The molecule has 2 aromatic rings. The van der Waals surface area contributed by atoms with Gasteiger partial charge in [-0.05, 0) is 25.0 Å². The standard InChI is InChI=1S/C20H26N4O5S/c1-22(11-16-14-28-17-7-3-4-8-18(17)29-16)20(25)13-23-12-19(21-15-23)30(26,27)24-9-5-2-6-10-24/h3-4,7-8,12,15-16H,2,5-6,9-11,13-14H2,1H3. The van der Waals surface area contributed by atoms with Crippen molar-refractivity contribution in [3.05, 3.63) is 36.8 Å². The minimum absolute atomic E-state index is 0.00316. The van der Waals surface area contributed by atoms with Gasteiger partial charge in [-0.1, -0.05) is 18.6 Å². The second-order valence-electron chi connectivity index (χ2n) is 7.62. The lowest BCUT2D eigenvalue weighted by atomic mass is 10.2. The minimum atomic E-state index is -3.61. The molecule has 1 saturated heterocycles. The molecule has 0 spiro atoms. The third kappa shape index (κ3) is 4.44. The maximum atomic E-state index is 12.7. The smallest absolute Gasteiger partial charge is 0.262 e. The number of carbonyl (C=O) groups excluding carboxylic acids is 1. The van der Waals surface area contributed by atoms with Crippen LogP contribution in [0.15, 0.2) is 41.8 Å². The Morgan fingerprint density at radius 2 is 1.93 bits per heavy atom. The lowest BCUT2D eigenvalue weighted by Gasteiger charge is -2.29. The Morgan fingerprint density at radius 1 is 1.20 bits per heavy atom. The number of imidazole rings is 1. The van der Waals surface area contributed by atoms with Crippen molar-refractivity contribution < 1.29 is 22.7 Å². The number of nitrogens with zero attached hydrogens (tertiary/aromatic N) is 4. The first kappa shape index (κ1) is 20.7. The third-order valence-electron chi connectivity index (χ3n) is 5.32. The predicted molar refractivity (Wildman–Crippen MR) is 109 cm³/mol. The first-order valence-electron chi connectivity index (χ1n) is 10.1. The van der Waals surface area contributed by atoms with E-state index in [4.69, 9.17) is 9.47 Å². The quantitative estimate of drug-likeness (QED) is 0.681. The molecule has 0 saturated carbocycles. The van der Waals surface area contributed by atoms with Crippen molar-refractivity contribution >= 4 is 15.9 Å². The fourth-order valence-corrected chi connectivity index (χ4v) is 5.09. The highest BCUT2D eigenvalue weighted by Gasteiger charge is 2.28. The number of benzene rings is 1. The van der Waals surface area contributed by atoms with Crippen molar-refractivity contribution in [2.75, 3.05) is 33.3 Å². The Bertz CT molecular complexity index is 1000. The lowest BCUT2D eigenvalue weighted by molar-refractivity contribution is -0.131. The fourth-order valence-electron chi connectivity index (χ4n) is 3.63. The van der Waals surface area contributed by atoms with Crippen molar-refractivity contribution in [1.29, 1.82) is 0 Å². The van der Waals surface area contributed by atoms with Gasteiger partial charge in [-0.25, -0.2) is 13.4 Å². The molecule has 0 radical (unpaired) electrons. The van der Waals surface area contributed by atoms with E-state index < -0.39 is 10.0 Å². The number of likely N-dealkylation sites (N-methyl/N-ethyl adjacent to an activating group) is 1. The first-order valence-corrected chi connectivity index (χ1v) is 11.5. The maximum absolute atomic E-state index is 12.7. The number of rotatable bonds is 6. The van der Waals surface area contributed by atoms with E-state index >= 15 is 0 Å². The van der Waals surface area contributed by atoms with Crippen molar-refractivity contribution in [3.8, 4) is 11.5 Å². The monoisotopic (exact) mass is 434 g/mol. The Balaban J connectivity index is 1.34. The number of piperidine rings is 1. The zero-order valence-corrected chi connectivity index (χ0v) is 17.8. The summed E-state index contributed by atoms with van der Waals surface area (Å²) in [4.78, 5) is 18.2. The molecule has 10 heteroatoms. The summed E-state index contributed by atoms with van der Waals surface area (Å²) in [6, 6.07) is 7.42. The van der Waals surface area contributed by atoms with Crippen LogP contribution < -0.4 is 9.47 Å². The molecule has 1 aromatic heterocycles. The molecule has 1 fully saturated rings. The fraction of sp³-hybridized carbons (Fsp3) is 0.500. The van der Waals surface area contributed by atoms with Gasteiger partial charge in [-0.15, -0.1) is 0 Å². The van der Waals surface area contributed by atoms with Gasteiger partial charge in [0.15, 0.2) is 22.6 Å². The molecular formula is C20H26N4O5S. The minimum Gasteiger partial charge on any atom is -0.486 e. The summed E-state index contributed by atoms with van der Waals surface area (Å²) in [5, 5.41) is -0.0135. The molecule has 162 valence electrons. The summed E-state index contributed by atoms with van der Waals surface area (Å²) in [6.07, 6.45) is 5.31. The van der Waals surface area contributed by atoms with Crippen LogP contribution in [-0.2, 0) is 21.4 Å². The van der Waals surface area contributed by atoms with Crippen LogP contribution in [0.25, 0.3) is 0 Å². The number of carbonyl (C=O) groups is 1. The highest BCUT2D eigenvalue weighted by Crippen LogP contribution is 2.31. The molecule has 4 rings (SSSR count). The Hall–Kier alpha value is -2.59. The number of hydrogen-bond donors (Lipinski definition) is 0. The van der Waals surface area contributed by atoms with Crippen LogP contribution in [0, 0.1) is 0 Å². The van der Waals surface area contributed by atoms with E-state index in [-0.39, 0.29) is 23.6 Å². The Kier molecular flexibility index (Phi) is 5.96. The maximum Gasteiger partial charge on any atom is 0.262 e. The number of para-hydroxylation sites is 2. The summed E-state index contributed by atoms with van der Waals surface area (Å²) in [5.74, 6) is 1.19. The Morgan fingerprint density at radius 3 is 2.70 bits per heavy atom. The Labute approximate surface area is 176 Å². The van der Waals surface area contributed by atoms with Gasteiger partial charge in [0.1, 0.15) is 13.2 Å². The van der Waals surface area contributed by atoms with E-state index in [9.17, 15) is 13.2 Å². The highest BCUT2D eigenvalue weighted by molar-refractivity contribution is 7.89. The summed E-state index contributed by atoms with van der Waals surface area (Å²) in [5.41, 5.74) is 0. The molecule has 2 aliphatic rings. The molecule has 1 aromatic carbocycles. The number of ether oxygens (including phenoxy) is 2. The third-order valence-corrected chi connectivity index (χ3v) is 7.10. The van der Waals surface area contributed by atoms with E-state index in [1.165, 1.54) is 21.4 Å². The summed E-state index contributed by atoms with van der Waals surface area (Å²) in [6.45, 7) is 1.76. The largest absolute Gasteiger partial charge is 0.486 e. The average molecular weight is 435 g/mol. The zero-order valence-electron chi connectivity index (χ0n) is 16.9. The van der Waals surface area contributed by atoms with E-state index in [0.717, 1.165) is 19.3 Å². The molecule has 0 aliphatic carbocycles. The topological polar surface area (TPSA) is 94.0 Å². The molecular weight excluding hydrogens is 408 g/mol. The van der Waals surface area contributed by atoms with Crippen molar-refractivity contribution in [1.82, 2.24) is 18.8 Å². The van der Waals surface area contributed by atoms with Crippen LogP contribution >= 0.6 is 0 Å². The molecule has 1 amide bonds. The van der Waals surface area contributed by atoms with Crippen LogP contribution in [0.5, 0.6) is 11.5 Å². The SMILES string of the molecule is CN(CC1COc2ccccc2O1)C(=O)Cn1cnc(S(=O)(=O)N2CCCCC2)c1. The van der Waals surface area contributed by atoms with Gasteiger partial charge in [0.2, 0.25) is 5.91 Å². The van der Waals surface area contributed by atoms with E-state index in [1.54, 1.807) is 11.9 Å². The van der Waals surface area contributed by atoms with Crippen LogP contribution in [-0.4, -0.2) is 72.5 Å². The first-order chi connectivity index (χ1) is 14.4. The number of hydrogen-bond acceptors (Lipinski definition) is 6. The molecule has 0 bridgehead atoms. The van der Waals surface area contributed by atoms with Crippen LogP contribution in [0.3, 0.4) is 0 Å². The van der Waals surface area contributed by atoms with Gasteiger partial charge in [0.05, 0.1) is 12.9 Å². The number of aromatic nitrogens is 2. The van der Waals surface area contributed by atoms with Gasteiger partial charge in [0, 0.05) is 26.3 Å². The summed E-state index contributed by atoms with van der Waals surface area (Å²) in [7, 11) is -1.92. The van der Waals surface area contributed by atoms with Gasteiger partial charge in [-0.3, -0.25) is 4.79 Å². The molecule has 9 nitrogen and oxygen atoms in total. The zero-order chi connectivity index (χ0) is 21.1. The van der Waals surface area contributed by atoms with E-state index in [1.807, 2.05) is 24.3 Å². The summed E-state index contributed by atoms with van der Waals surface area (Å²) < 4.78 is 40.0. The second-order valence-corrected chi connectivity index (χ2v) is 9.51. The van der Waals surface area contributed by atoms with Gasteiger partial charge in [0.25, 0.3) is 10.0 Å². The van der Waals surface area contributed by atoms with Crippen molar-refractivity contribution in [2.24, 2.45) is 0 Å². The molecule has 2 aliphatic heterocycles. The van der Waals surface area contributed by atoms with Crippen LogP contribution in [0.1, 0.15) is 19.3 Å². The van der Waals surface area contributed by atoms with Crippen LogP contribution in [0.2, 0.25) is 0 Å². The van der Waals surface area contributed by atoms with Crippen LogP contribution in [0.4, 0.5) is 0 Å². The van der Waals surface area contributed by atoms with Crippen molar-refractivity contribution in [3.63, 3.8) is 0 Å². The van der Waals surface area contributed by atoms with Crippen molar-refractivity contribution in [2.45, 2.75) is 36.9 Å². The number of amides is 1. The predicted octanol–water partition coefficient (Wildman–Crippen LogP) is 1.36. The molecule has 1 atom stereocenters. The normalized spacial score (nSPS) is 19.4. The second kappa shape index (κ2) is 8.65. The number of sulfonamides is 1. The van der Waals surface area contributed by atoms with Gasteiger partial charge < -0.3 is 18.9 Å². The molecule has 1 unspecified atom stereocenters. The van der Waals surface area contributed by atoms with E-state index in [2.05, 4.69) is 4.98 Å². The average Bonchev–Trinajstić information content (AvgIpc) is 3.23. The number of fused-ring (bicyclic) bond motifs is 1. The highest BCUT2D eigenvalue weighted by atomic mass is 32.2. The molecule has 0 N–H and O–H groups in total. The van der Waals surface area contributed by atoms with Gasteiger partial charge in [-0.2, -0.15) is 4.31 Å². The van der Waals surface area contributed by atoms with Gasteiger partial charge >= 0.3 is 0 Å².